The van der Waals surface area contributed by atoms with Crippen molar-refractivity contribution in [1.29, 1.82) is 0 Å². The van der Waals surface area contributed by atoms with Crippen molar-refractivity contribution in [2.45, 2.75) is 33.2 Å². The van der Waals surface area contributed by atoms with Crippen molar-refractivity contribution in [3.63, 3.8) is 0 Å². The second-order valence-electron chi connectivity index (χ2n) is 5.83. The summed E-state index contributed by atoms with van der Waals surface area (Å²) in [6.45, 7) is 8.27. The van der Waals surface area contributed by atoms with Crippen molar-refractivity contribution < 1.29 is 9.64 Å². The Kier molecular flexibility index (Phi) is 6.80. The zero-order valence-electron chi connectivity index (χ0n) is 14.2. The van der Waals surface area contributed by atoms with Gasteiger partial charge in [0.15, 0.2) is 5.11 Å². The molecule has 1 saturated heterocycles. The summed E-state index contributed by atoms with van der Waals surface area (Å²) in [5.41, 5.74) is 6.11. The van der Waals surface area contributed by atoms with E-state index < -0.39 is 0 Å². The second-order valence-corrected chi connectivity index (χ2v) is 6.24. The molecular weight excluding hydrogens is 308 g/mol. The van der Waals surface area contributed by atoms with E-state index >= 15 is 0 Å². The lowest BCUT2D eigenvalue weighted by atomic mass is 10.1. The lowest BCUT2D eigenvalue weighted by Crippen LogP contribution is -3.08. The number of likely N-dealkylation sites (tertiary alicyclic amines) is 1. The van der Waals surface area contributed by atoms with Crippen molar-refractivity contribution in [2.75, 3.05) is 26.7 Å². The molecule has 0 atom stereocenters. The average molecular weight is 335 g/mol. The Morgan fingerprint density at radius 1 is 1.35 bits per heavy atom. The van der Waals surface area contributed by atoms with Crippen molar-refractivity contribution in [2.24, 2.45) is 5.10 Å². The van der Waals surface area contributed by atoms with Gasteiger partial charge in [0, 0.05) is 24.9 Å². The van der Waals surface area contributed by atoms with Crippen molar-refractivity contribution >= 4 is 23.0 Å². The fourth-order valence-corrected chi connectivity index (χ4v) is 3.05. The quantitative estimate of drug-likeness (QED) is 0.414. The molecule has 0 aromatic heterocycles. The van der Waals surface area contributed by atoms with Crippen LogP contribution < -0.4 is 20.4 Å². The molecule has 1 aromatic rings. The zero-order valence-corrected chi connectivity index (χ0v) is 15.1. The van der Waals surface area contributed by atoms with Crippen LogP contribution in [0.2, 0.25) is 0 Å². The topological polar surface area (TPSA) is 50.1 Å². The summed E-state index contributed by atoms with van der Waals surface area (Å²) in [7, 11) is 1.73. The average Bonchev–Trinajstić information content (AvgIpc) is 3.06. The minimum atomic E-state index is 0.544. The number of ether oxygens (including phenoxy) is 1. The Morgan fingerprint density at radius 3 is 2.74 bits per heavy atom. The van der Waals surface area contributed by atoms with E-state index in [4.69, 9.17) is 17.0 Å². The molecule has 23 heavy (non-hydrogen) atoms. The number of thiocarbonyl (C=S) groups is 1. The zero-order chi connectivity index (χ0) is 16.7. The Balaban J connectivity index is 2.12. The van der Waals surface area contributed by atoms with E-state index in [0.29, 0.717) is 5.11 Å². The van der Waals surface area contributed by atoms with Crippen LogP contribution in [-0.2, 0) is 6.54 Å². The Labute approximate surface area is 144 Å². The number of nitrogens with one attached hydrogen (secondary N) is 3. The molecule has 126 valence electrons. The summed E-state index contributed by atoms with van der Waals surface area (Å²) in [6.07, 6.45) is 2.65. The SMILES string of the molecule is CCNC(=S)N/N=C(/C)c1ccc(OC)c(C[NH+]2CCCC2)c1. The van der Waals surface area contributed by atoms with Crippen LogP contribution in [0.1, 0.15) is 37.8 Å². The summed E-state index contributed by atoms with van der Waals surface area (Å²) in [5.74, 6) is 0.956. The molecule has 1 aromatic carbocycles. The maximum Gasteiger partial charge on any atom is 0.186 e. The van der Waals surface area contributed by atoms with Gasteiger partial charge in [-0.05, 0) is 49.8 Å². The van der Waals surface area contributed by atoms with Crippen molar-refractivity contribution in [1.82, 2.24) is 10.7 Å². The summed E-state index contributed by atoms with van der Waals surface area (Å²) in [5, 5.41) is 7.92. The maximum absolute atomic E-state index is 5.52. The first-order valence-electron chi connectivity index (χ1n) is 8.23. The molecule has 1 fully saturated rings. The molecule has 0 radical (unpaired) electrons. The molecule has 1 aliphatic rings. The van der Waals surface area contributed by atoms with Gasteiger partial charge in [-0.3, -0.25) is 5.43 Å². The van der Waals surface area contributed by atoms with E-state index in [0.717, 1.165) is 30.1 Å². The van der Waals surface area contributed by atoms with E-state index in [9.17, 15) is 0 Å². The largest absolute Gasteiger partial charge is 0.496 e. The van der Waals surface area contributed by atoms with Crippen molar-refractivity contribution in [3.8, 4) is 5.75 Å². The van der Waals surface area contributed by atoms with Gasteiger partial charge < -0.3 is 15.0 Å². The molecule has 0 aliphatic carbocycles. The van der Waals surface area contributed by atoms with Gasteiger partial charge in [-0.1, -0.05) is 0 Å². The first kappa shape index (κ1) is 17.7. The van der Waals surface area contributed by atoms with Crippen LogP contribution in [0.4, 0.5) is 0 Å². The van der Waals surface area contributed by atoms with Gasteiger partial charge >= 0.3 is 0 Å². The third kappa shape index (κ3) is 5.18. The standard InChI is InChI=1S/C17H26N4OS/c1-4-18-17(23)20-19-13(2)14-7-8-16(22-3)15(11-14)12-21-9-5-6-10-21/h7-8,11H,4-6,9-10,12H2,1-3H3,(H2,18,20,23)/p+1/b19-13-. The minimum absolute atomic E-state index is 0.544. The molecule has 1 aliphatic heterocycles. The van der Waals surface area contributed by atoms with Crippen LogP contribution in [0.15, 0.2) is 23.3 Å². The highest BCUT2D eigenvalue weighted by molar-refractivity contribution is 7.80. The first-order valence-corrected chi connectivity index (χ1v) is 8.63. The van der Waals surface area contributed by atoms with Crippen LogP contribution in [0, 0.1) is 0 Å². The summed E-state index contributed by atoms with van der Waals surface area (Å²) in [6, 6.07) is 6.25. The number of hydrogen-bond acceptors (Lipinski definition) is 3. The van der Waals surface area contributed by atoms with E-state index in [-0.39, 0.29) is 0 Å². The molecule has 6 heteroatoms. The van der Waals surface area contributed by atoms with Gasteiger partial charge in [0.1, 0.15) is 12.3 Å². The lowest BCUT2D eigenvalue weighted by Gasteiger charge is -2.15. The second kappa shape index (κ2) is 8.84. The van der Waals surface area contributed by atoms with Gasteiger partial charge in [-0.25, -0.2) is 0 Å². The molecule has 1 heterocycles. The Hall–Kier alpha value is -1.66. The number of hydrazone groups is 1. The molecule has 5 nitrogen and oxygen atoms in total. The summed E-state index contributed by atoms with van der Waals surface area (Å²) < 4.78 is 5.52. The molecule has 0 spiro atoms. The van der Waals surface area contributed by atoms with E-state index in [1.54, 1.807) is 12.0 Å². The smallest absolute Gasteiger partial charge is 0.186 e. The van der Waals surface area contributed by atoms with E-state index in [1.165, 1.54) is 31.5 Å². The van der Waals surface area contributed by atoms with Crippen LogP contribution in [0.25, 0.3) is 0 Å². The summed E-state index contributed by atoms with van der Waals surface area (Å²) in [4.78, 5) is 1.63. The molecule has 3 N–H and O–H groups in total. The molecule has 2 rings (SSSR count). The maximum atomic E-state index is 5.52. The molecule has 0 saturated carbocycles. The fraction of sp³-hybridized carbons (Fsp3) is 0.529. The van der Waals surface area contributed by atoms with Gasteiger partial charge in [-0.15, -0.1) is 0 Å². The van der Waals surface area contributed by atoms with Gasteiger partial charge in [-0.2, -0.15) is 5.10 Å². The van der Waals surface area contributed by atoms with Gasteiger partial charge in [0.05, 0.1) is 25.9 Å². The normalized spacial score (nSPS) is 15.5. The van der Waals surface area contributed by atoms with E-state index in [2.05, 4.69) is 21.9 Å². The predicted octanol–water partition coefficient (Wildman–Crippen LogP) is 1.08. The minimum Gasteiger partial charge on any atom is -0.496 e. The molecule has 0 unspecified atom stereocenters. The third-order valence-corrected chi connectivity index (χ3v) is 4.35. The number of quaternary nitrogens is 1. The first-order chi connectivity index (χ1) is 11.1. The highest BCUT2D eigenvalue weighted by Crippen LogP contribution is 2.20. The fourth-order valence-electron chi connectivity index (χ4n) is 2.86. The van der Waals surface area contributed by atoms with Crippen LogP contribution in [0.5, 0.6) is 5.75 Å². The Bertz CT molecular complexity index is 568. The van der Waals surface area contributed by atoms with Crippen LogP contribution in [0.3, 0.4) is 0 Å². The monoisotopic (exact) mass is 335 g/mol. The summed E-state index contributed by atoms with van der Waals surface area (Å²) >= 11 is 5.13. The van der Waals surface area contributed by atoms with Crippen molar-refractivity contribution in [3.05, 3.63) is 29.3 Å². The number of nitrogens with zero attached hydrogens (tertiary/aromatic N) is 1. The van der Waals surface area contributed by atoms with Gasteiger partial charge in [0.2, 0.25) is 0 Å². The highest BCUT2D eigenvalue weighted by atomic mass is 32.1. The Morgan fingerprint density at radius 2 is 2.09 bits per heavy atom. The number of hydrogen-bond donors (Lipinski definition) is 3. The predicted molar refractivity (Wildman–Crippen MR) is 98.3 cm³/mol. The molecule has 0 bridgehead atoms. The van der Waals surface area contributed by atoms with Crippen LogP contribution in [-0.4, -0.2) is 37.6 Å². The van der Waals surface area contributed by atoms with E-state index in [1.807, 2.05) is 26.0 Å². The number of methoxy groups -OCH3 is 1. The third-order valence-electron chi connectivity index (χ3n) is 4.11. The molecular formula is C17H27N4OS+. The number of benzene rings is 1. The lowest BCUT2D eigenvalue weighted by molar-refractivity contribution is -0.901. The highest BCUT2D eigenvalue weighted by Gasteiger charge is 2.18. The van der Waals surface area contributed by atoms with Crippen LogP contribution >= 0.6 is 12.2 Å². The molecule has 0 amide bonds. The number of rotatable bonds is 6. The van der Waals surface area contributed by atoms with Gasteiger partial charge in [0.25, 0.3) is 0 Å².